The van der Waals surface area contributed by atoms with E-state index in [1.54, 1.807) is 41.5 Å². The van der Waals surface area contributed by atoms with E-state index < -0.39 is 35.2 Å². The highest BCUT2D eigenvalue weighted by Gasteiger charge is 2.32. The first kappa shape index (κ1) is 22.2. The van der Waals surface area contributed by atoms with E-state index in [2.05, 4.69) is 0 Å². The van der Waals surface area contributed by atoms with Crippen molar-refractivity contribution in [1.82, 2.24) is 0 Å². The zero-order valence-corrected chi connectivity index (χ0v) is 17.9. The van der Waals surface area contributed by atoms with Crippen LogP contribution in [0, 0.1) is 0 Å². The third-order valence-electron chi connectivity index (χ3n) is 3.57. The molecule has 1 unspecified atom stereocenters. The Morgan fingerprint density at radius 1 is 1.07 bits per heavy atom. The highest BCUT2D eigenvalue weighted by atomic mass is 32.1. The van der Waals surface area contributed by atoms with Gasteiger partial charge in [0.25, 0.3) is 0 Å². The molecule has 0 spiro atoms. The van der Waals surface area contributed by atoms with Gasteiger partial charge in [-0.15, -0.1) is 11.3 Å². The van der Waals surface area contributed by atoms with Gasteiger partial charge in [0.1, 0.15) is 22.8 Å². The Hall–Kier alpha value is -2.13. The predicted octanol–water partition coefficient (Wildman–Crippen LogP) is 2.61. The van der Waals surface area contributed by atoms with Gasteiger partial charge in [-0.3, -0.25) is 0 Å². The van der Waals surface area contributed by atoms with E-state index in [-0.39, 0.29) is 13.2 Å². The molecule has 2 N–H and O–H groups in total. The Kier molecular flexibility index (Phi) is 6.40. The highest BCUT2D eigenvalue weighted by molar-refractivity contribution is 7.16. The summed E-state index contributed by atoms with van der Waals surface area (Å²) in [6, 6.07) is 0. The van der Waals surface area contributed by atoms with Gasteiger partial charge in [0.15, 0.2) is 0 Å². The van der Waals surface area contributed by atoms with Crippen molar-refractivity contribution in [2.24, 2.45) is 0 Å². The van der Waals surface area contributed by atoms with Gasteiger partial charge in [0.05, 0.1) is 18.3 Å². The minimum Gasteiger partial charge on any atom is -0.456 e. The van der Waals surface area contributed by atoms with Crippen molar-refractivity contribution in [2.75, 3.05) is 12.3 Å². The zero-order chi connectivity index (χ0) is 21.3. The summed E-state index contributed by atoms with van der Waals surface area (Å²) in [7, 11) is 0. The van der Waals surface area contributed by atoms with E-state index in [9.17, 15) is 14.4 Å². The van der Waals surface area contributed by atoms with Gasteiger partial charge in [-0.25, -0.2) is 14.4 Å². The molecule has 9 heteroatoms. The van der Waals surface area contributed by atoms with Crippen molar-refractivity contribution < 1.29 is 33.3 Å². The molecule has 0 amide bonds. The first-order chi connectivity index (χ1) is 12.8. The van der Waals surface area contributed by atoms with Gasteiger partial charge < -0.3 is 24.7 Å². The molecule has 8 nitrogen and oxygen atoms in total. The summed E-state index contributed by atoms with van der Waals surface area (Å²) in [4.78, 5) is 36.9. The van der Waals surface area contributed by atoms with Gasteiger partial charge in [0, 0.05) is 11.3 Å². The molecule has 1 aliphatic heterocycles. The smallest absolute Gasteiger partial charge is 0.417 e. The second kappa shape index (κ2) is 8.08. The van der Waals surface area contributed by atoms with Crippen LogP contribution in [0.3, 0.4) is 0 Å². The van der Waals surface area contributed by atoms with Crippen molar-refractivity contribution in [3.8, 4) is 0 Å². The Labute approximate surface area is 168 Å². The van der Waals surface area contributed by atoms with Crippen LogP contribution in [0.2, 0.25) is 0 Å². The fraction of sp³-hybridized carbons (Fsp3) is 0.632. The van der Waals surface area contributed by atoms with Crippen LogP contribution >= 0.6 is 11.3 Å². The second-order valence-electron chi connectivity index (χ2n) is 8.48. The molecule has 1 atom stereocenters. The van der Waals surface area contributed by atoms with E-state index in [0.717, 1.165) is 10.4 Å². The van der Waals surface area contributed by atoms with Gasteiger partial charge in [-0.1, -0.05) is 0 Å². The maximum absolute atomic E-state index is 12.5. The Balaban J connectivity index is 2.03. The van der Waals surface area contributed by atoms with E-state index >= 15 is 0 Å². The first-order valence-corrected chi connectivity index (χ1v) is 9.73. The van der Waals surface area contributed by atoms with E-state index in [1.165, 1.54) is 11.3 Å². The molecule has 0 fully saturated rings. The number of rotatable bonds is 3. The summed E-state index contributed by atoms with van der Waals surface area (Å²) in [6.45, 7) is 10.4. The van der Waals surface area contributed by atoms with Crippen molar-refractivity contribution in [2.45, 2.75) is 71.9 Å². The number of nitrogen functional groups attached to an aromatic ring is 1. The van der Waals surface area contributed by atoms with Gasteiger partial charge in [-0.05, 0) is 47.1 Å². The monoisotopic (exact) mass is 413 g/mol. The minimum atomic E-state index is -1.08. The fourth-order valence-corrected chi connectivity index (χ4v) is 3.56. The van der Waals surface area contributed by atoms with Crippen LogP contribution in [0.4, 0.5) is 5.00 Å². The number of hydrogen-bond donors (Lipinski definition) is 1. The molecule has 2 rings (SSSR count). The van der Waals surface area contributed by atoms with Crippen LogP contribution in [0.1, 0.15) is 62.3 Å². The van der Waals surface area contributed by atoms with Crippen molar-refractivity contribution in [3.05, 3.63) is 16.0 Å². The maximum atomic E-state index is 12.5. The SMILES string of the molecule is CC(C)(C)OC(=O)C(=O)OCC1Cc2c(sc(N)c2C(=O)OC(C)(C)C)CO1. The molecule has 0 radical (unpaired) electrons. The molecule has 2 heterocycles. The number of fused-ring (bicyclic) bond motifs is 1. The number of ether oxygens (including phenoxy) is 4. The van der Waals surface area contributed by atoms with Gasteiger partial charge >= 0.3 is 17.9 Å². The number of carbonyl (C=O) groups excluding carboxylic acids is 3. The number of anilines is 1. The van der Waals surface area contributed by atoms with Gasteiger partial charge in [0.2, 0.25) is 0 Å². The van der Waals surface area contributed by atoms with Crippen LogP contribution in [0.5, 0.6) is 0 Å². The number of esters is 3. The van der Waals surface area contributed by atoms with E-state index in [1.807, 2.05) is 0 Å². The summed E-state index contributed by atoms with van der Waals surface area (Å²) >= 11 is 1.28. The minimum absolute atomic E-state index is 0.138. The molecule has 0 aromatic carbocycles. The first-order valence-electron chi connectivity index (χ1n) is 8.92. The quantitative estimate of drug-likeness (QED) is 0.457. The van der Waals surface area contributed by atoms with Crippen LogP contribution in [0.15, 0.2) is 0 Å². The van der Waals surface area contributed by atoms with Crippen LogP contribution in [0.25, 0.3) is 0 Å². The standard InChI is InChI=1S/C19H27NO7S/c1-18(2,3)26-15(21)13-11-7-10(24-9-12(11)28-14(13)20)8-25-16(22)17(23)27-19(4,5)6/h10H,7-9,20H2,1-6H3. The average molecular weight is 413 g/mol. The second-order valence-corrected chi connectivity index (χ2v) is 9.62. The van der Waals surface area contributed by atoms with Crippen molar-refractivity contribution >= 4 is 34.2 Å². The summed E-state index contributed by atoms with van der Waals surface area (Å²) in [6.07, 6.45) is -0.187. The van der Waals surface area contributed by atoms with Crippen LogP contribution < -0.4 is 5.73 Å². The number of nitrogens with two attached hydrogens (primary N) is 1. The number of carbonyl (C=O) groups is 3. The highest BCUT2D eigenvalue weighted by Crippen LogP contribution is 2.37. The summed E-state index contributed by atoms with van der Waals surface area (Å²) in [5.41, 5.74) is 5.66. The topological polar surface area (TPSA) is 114 Å². The van der Waals surface area contributed by atoms with Crippen LogP contribution in [-0.4, -0.2) is 41.8 Å². The molecule has 0 bridgehead atoms. The lowest BCUT2D eigenvalue weighted by atomic mass is 10.0. The Morgan fingerprint density at radius 2 is 1.68 bits per heavy atom. The lowest BCUT2D eigenvalue weighted by molar-refractivity contribution is -0.176. The normalized spacial score (nSPS) is 16.9. The molecular weight excluding hydrogens is 386 g/mol. The Morgan fingerprint density at radius 3 is 2.25 bits per heavy atom. The molecule has 0 aliphatic carbocycles. The summed E-state index contributed by atoms with van der Waals surface area (Å²) in [5.74, 6) is -2.63. The third-order valence-corrected chi connectivity index (χ3v) is 4.60. The predicted molar refractivity (Wildman–Crippen MR) is 103 cm³/mol. The third kappa shape index (κ3) is 5.93. The average Bonchev–Trinajstić information content (AvgIpc) is 2.84. The molecular formula is C19H27NO7S. The van der Waals surface area contributed by atoms with E-state index in [4.69, 9.17) is 24.7 Å². The summed E-state index contributed by atoms with van der Waals surface area (Å²) in [5, 5.41) is 0.370. The molecule has 0 saturated carbocycles. The molecule has 1 aromatic rings. The van der Waals surface area contributed by atoms with Gasteiger partial charge in [-0.2, -0.15) is 0 Å². The largest absolute Gasteiger partial charge is 0.456 e. The molecule has 28 heavy (non-hydrogen) atoms. The Bertz CT molecular complexity index is 770. The zero-order valence-electron chi connectivity index (χ0n) is 17.0. The van der Waals surface area contributed by atoms with Crippen LogP contribution in [-0.2, 0) is 41.6 Å². The number of thiophene rings is 1. The molecule has 0 saturated heterocycles. The lowest BCUT2D eigenvalue weighted by Gasteiger charge is -2.24. The molecule has 1 aromatic heterocycles. The lowest BCUT2D eigenvalue weighted by Crippen LogP contribution is -2.34. The fourth-order valence-electron chi connectivity index (χ4n) is 2.55. The number of hydrogen-bond acceptors (Lipinski definition) is 9. The maximum Gasteiger partial charge on any atom is 0.417 e. The van der Waals surface area contributed by atoms with Crippen molar-refractivity contribution in [1.29, 1.82) is 0 Å². The van der Waals surface area contributed by atoms with E-state index in [0.29, 0.717) is 17.0 Å². The molecule has 156 valence electrons. The molecule has 1 aliphatic rings. The van der Waals surface area contributed by atoms with Crippen molar-refractivity contribution in [3.63, 3.8) is 0 Å². The summed E-state index contributed by atoms with van der Waals surface area (Å²) < 4.78 is 21.1.